The highest BCUT2D eigenvalue weighted by Gasteiger charge is 2.30. The van der Waals surface area contributed by atoms with Crippen LogP contribution in [-0.4, -0.2) is 24.3 Å². The highest BCUT2D eigenvalue weighted by atomic mass is 79.9. The number of benzene rings is 2. The zero-order valence-corrected chi connectivity index (χ0v) is 13.6. The summed E-state index contributed by atoms with van der Waals surface area (Å²) in [4.78, 5) is 11.9. The summed E-state index contributed by atoms with van der Waals surface area (Å²) in [5.41, 5.74) is 1.53. The number of rotatable bonds is 4. The summed E-state index contributed by atoms with van der Waals surface area (Å²) in [6.07, 6.45) is 0. The SMILES string of the molecule is COc1cc(OCc2ccccc2)cc2c1C(=O)C(Br)CO2. The molecule has 1 aliphatic heterocycles. The molecule has 0 aliphatic carbocycles. The predicted molar refractivity (Wildman–Crippen MR) is 86.3 cm³/mol. The fraction of sp³-hybridized carbons (Fsp3) is 0.235. The number of Topliss-reactive ketones (excluding diaryl/α,β-unsaturated/α-hetero) is 1. The molecule has 0 bridgehead atoms. The van der Waals surface area contributed by atoms with Gasteiger partial charge in [0.25, 0.3) is 0 Å². The minimum atomic E-state index is -0.343. The number of hydrogen-bond donors (Lipinski definition) is 0. The van der Waals surface area contributed by atoms with Crippen LogP contribution in [0.2, 0.25) is 0 Å². The molecule has 2 aromatic carbocycles. The first-order valence-corrected chi connectivity index (χ1v) is 7.80. The zero-order chi connectivity index (χ0) is 15.5. The van der Waals surface area contributed by atoms with Crippen molar-refractivity contribution in [3.05, 3.63) is 53.6 Å². The largest absolute Gasteiger partial charge is 0.496 e. The lowest BCUT2D eigenvalue weighted by molar-refractivity contribution is 0.0941. The van der Waals surface area contributed by atoms with Gasteiger partial charge in [-0.2, -0.15) is 0 Å². The molecular formula is C17H15BrO4. The molecule has 0 aromatic heterocycles. The third kappa shape index (κ3) is 2.95. The lowest BCUT2D eigenvalue weighted by Gasteiger charge is -2.23. The van der Waals surface area contributed by atoms with Crippen molar-refractivity contribution in [3.8, 4) is 17.2 Å². The fourth-order valence-electron chi connectivity index (χ4n) is 2.30. The molecule has 2 aromatic rings. The van der Waals surface area contributed by atoms with E-state index in [1.807, 2.05) is 30.3 Å². The molecule has 0 radical (unpaired) electrons. The number of methoxy groups -OCH3 is 1. The van der Waals surface area contributed by atoms with E-state index < -0.39 is 0 Å². The molecule has 0 saturated carbocycles. The van der Waals surface area contributed by atoms with Crippen LogP contribution in [0.5, 0.6) is 17.2 Å². The quantitative estimate of drug-likeness (QED) is 0.779. The third-order valence-corrected chi connectivity index (χ3v) is 4.10. The summed E-state index contributed by atoms with van der Waals surface area (Å²) in [5.74, 6) is 1.55. The number of fused-ring (bicyclic) bond motifs is 1. The van der Waals surface area contributed by atoms with Gasteiger partial charge in [0, 0.05) is 12.1 Å². The average molecular weight is 363 g/mol. The van der Waals surface area contributed by atoms with E-state index in [0.717, 1.165) is 5.56 Å². The lowest BCUT2D eigenvalue weighted by atomic mass is 10.0. The first kappa shape index (κ1) is 14.9. The normalized spacial score (nSPS) is 16.6. The van der Waals surface area contributed by atoms with E-state index in [0.29, 0.717) is 36.0 Å². The van der Waals surface area contributed by atoms with Gasteiger partial charge in [0.15, 0.2) is 5.78 Å². The number of carbonyl (C=O) groups is 1. The van der Waals surface area contributed by atoms with E-state index in [2.05, 4.69) is 15.9 Å². The zero-order valence-electron chi connectivity index (χ0n) is 12.0. The molecule has 1 aliphatic rings. The van der Waals surface area contributed by atoms with E-state index in [9.17, 15) is 4.79 Å². The topological polar surface area (TPSA) is 44.8 Å². The van der Waals surface area contributed by atoms with Gasteiger partial charge in [-0.15, -0.1) is 0 Å². The lowest BCUT2D eigenvalue weighted by Crippen LogP contribution is -2.28. The number of ether oxygens (including phenoxy) is 3. The minimum absolute atomic E-state index is 0.0345. The van der Waals surface area contributed by atoms with Crippen molar-refractivity contribution >= 4 is 21.7 Å². The molecule has 0 N–H and O–H groups in total. The van der Waals surface area contributed by atoms with Gasteiger partial charge in [0.05, 0.1) is 7.11 Å². The van der Waals surface area contributed by atoms with Crippen molar-refractivity contribution in [2.45, 2.75) is 11.4 Å². The van der Waals surface area contributed by atoms with E-state index in [4.69, 9.17) is 14.2 Å². The molecule has 1 heterocycles. The van der Waals surface area contributed by atoms with Gasteiger partial charge in [-0.3, -0.25) is 4.79 Å². The van der Waals surface area contributed by atoms with Crippen LogP contribution >= 0.6 is 15.9 Å². The Morgan fingerprint density at radius 1 is 1.27 bits per heavy atom. The Labute approximate surface area is 137 Å². The molecule has 114 valence electrons. The molecule has 5 heteroatoms. The maximum atomic E-state index is 12.2. The molecule has 22 heavy (non-hydrogen) atoms. The molecule has 0 spiro atoms. The standard InChI is InChI=1S/C17H15BrO4/c1-20-14-7-12(21-9-11-5-3-2-4-6-11)8-15-16(14)17(19)13(18)10-22-15/h2-8,13H,9-10H2,1H3. The summed E-state index contributed by atoms with van der Waals surface area (Å²) in [7, 11) is 1.53. The van der Waals surface area contributed by atoms with Crippen molar-refractivity contribution in [2.24, 2.45) is 0 Å². The van der Waals surface area contributed by atoms with Crippen LogP contribution in [0.1, 0.15) is 15.9 Å². The van der Waals surface area contributed by atoms with Gasteiger partial charge in [-0.1, -0.05) is 46.3 Å². The van der Waals surface area contributed by atoms with Crippen LogP contribution < -0.4 is 14.2 Å². The van der Waals surface area contributed by atoms with Crippen LogP contribution in [-0.2, 0) is 6.61 Å². The molecule has 3 rings (SSSR count). The molecule has 0 amide bonds. The summed E-state index contributed by atoms with van der Waals surface area (Å²) < 4.78 is 16.7. The predicted octanol–water partition coefficient (Wildman–Crippen LogP) is 3.61. The first-order valence-electron chi connectivity index (χ1n) is 6.89. The van der Waals surface area contributed by atoms with Crippen LogP contribution in [0, 0.1) is 0 Å². The van der Waals surface area contributed by atoms with Crippen molar-refractivity contribution < 1.29 is 19.0 Å². The van der Waals surface area contributed by atoms with Gasteiger partial charge in [-0.25, -0.2) is 0 Å². The van der Waals surface area contributed by atoms with E-state index >= 15 is 0 Å². The number of ketones is 1. The van der Waals surface area contributed by atoms with Gasteiger partial charge in [0.2, 0.25) is 0 Å². The Bertz CT molecular complexity index is 667. The number of alkyl halides is 1. The van der Waals surface area contributed by atoms with E-state index in [1.54, 1.807) is 12.1 Å². The highest BCUT2D eigenvalue weighted by Crippen LogP contribution is 2.38. The van der Waals surface area contributed by atoms with Gasteiger partial charge < -0.3 is 14.2 Å². The van der Waals surface area contributed by atoms with Gasteiger partial charge in [-0.05, 0) is 5.56 Å². The van der Waals surface area contributed by atoms with Crippen molar-refractivity contribution in [3.63, 3.8) is 0 Å². The fourth-order valence-corrected chi connectivity index (χ4v) is 2.66. The van der Waals surface area contributed by atoms with Crippen LogP contribution in [0.25, 0.3) is 0 Å². The second kappa shape index (κ2) is 6.40. The summed E-state index contributed by atoms with van der Waals surface area (Å²) in [5, 5.41) is 0. The maximum absolute atomic E-state index is 12.2. The number of carbonyl (C=O) groups excluding carboxylic acids is 1. The van der Waals surface area contributed by atoms with Crippen LogP contribution in [0.15, 0.2) is 42.5 Å². The first-order chi connectivity index (χ1) is 10.7. The number of halogens is 1. The summed E-state index contributed by atoms with van der Waals surface area (Å²) in [6.45, 7) is 0.745. The Balaban J connectivity index is 1.86. The Kier molecular flexibility index (Phi) is 4.34. The molecule has 0 saturated heterocycles. The number of hydrogen-bond acceptors (Lipinski definition) is 4. The molecule has 0 fully saturated rings. The smallest absolute Gasteiger partial charge is 0.187 e. The average Bonchev–Trinajstić information content (AvgIpc) is 2.56. The summed E-state index contributed by atoms with van der Waals surface area (Å²) >= 11 is 3.31. The molecular weight excluding hydrogens is 348 g/mol. The van der Waals surface area contributed by atoms with Crippen LogP contribution in [0.3, 0.4) is 0 Å². The van der Waals surface area contributed by atoms with Gasteiger partial charge in [0.1, 0.15) is 40.9 Å². The Morgan fingerprint density at radius 2 is 2.05 bits per heavy atom. The second-order valence-electron chi connectivity index (χ2n) is 4.92. The van der Waals surface area contributed by atoms with Crippen molar-refractivity contribution in [2.75, 3.05) is 13.7 Å². The third-order valence-electron chi connectivity index (χ3n) is 3.42. The monoisotopic (exact) mass is 362 g/mol. The van der Waals surface area contributed by atoms with E-state index in [1.165, 1.54) is 7.11 Å². The van der Waals surface area contributed by atoms with Crippen molar-refractivity contribution in [1.82, 2.24) is 0 Å². The maximum Gasteiger partial charge on any atom is 0.187 e. The van der Waals surface area contributed by atoms with Gasteiger partial charge >= 0.3 is 0 Å². The van der Waals surface area contributed by atoms with Crippen LogP contribution in [0.4, 0.5) is 0 Å². The Morgan fingerprint density at radius 3 is 2.77 bits per heavy atom. The minimum Gasteiger partial charge on any atom is -0.496 e. The molecule has 1 atom stereocenters. The molecule has 1 unspecified atom stereocenters. The van der Waals surface area contributed by atoms with Crippen molar-refractivity contribution in [1.29, 1.82) is 0 Å². The Hall–Kier alpha value is -2.01. The second-order valence-corrected chi connectivity index (χ2v) is 6.02. The van der Waals surface area contributed by atoms with E-state index in [-0.39, 0.29) is 10.6 Å². The summed E-state index contributed by atoms with van der Waals surface area (Å²) in [6, 6.07) is 13.3. The highest BCUT2D eigenvalue weighted by molar-refractivity contribution is 9.10. The molecule has 4 nitrogen and oxygen atoms in total.